The Balaban J connectivity index is 1.58. The van der Waals surface area contributed by atoms with Gasteiger partial charge in [0.2, 0.25) is 0 Å². The Labute approximate surface area is 172 Å². The van der Waals surface area contributed by atoms with E-state index in [9.17, 15) is 9.50 Å². The van der Waals surface area contributed by atoms with Crippen LogP contribution in [0, 0.1) is 12.7 Å². The van der Waals surface area contributed by atoms with Gasteiger partial charge in [0.25, 0.3) is 0 Å². The van der Waals surface area contributed by atoms with Crippen molar-refractivity contribution in [3.05, 3.63) is 107 Å². The summed E-state index contributed by atoms with van der Waals surface area (Å²) >= 11 is 0. The van der Waals surface area contributed by atoms with Gasteiger partial charge in [0.1, 0.15) is 5.82 Å². The molecule has 0 bridgehead atoms. The third kappa shape index (κ3) is 7.42. The highest BCUT2D eigenvalue weighted by Gasteiger charge is 2.14. The van der Waals surface area contributed by atoms with Crippen LogP contribution in [0.2, 0.25) is 0 Å². The third-order valence-corrected chi connectivity index (χ3v) is 4.74. The molecule has 29 heavy (non-hydrogen) atoms. The van der Waals surface area contributed by atoms with Crippen molar-refractivity contribution in [2.24, 2.45) is 0 Å². The van der Waals surface area contributed by atoms with E-state index in [2.05, 4.69) is 36.1 Å². The average molecular weight is 394 g/mol. The first-order chi connectivity index (χ1) is 14.1. The SMILES string of the molecule is Cc1ccc(CN(Cc2ccc(F)cc2)C[C@@H](O)COCc2ccccc2)cc1. The second kappa shape index (κ2) is 10.9. The van der Waals surface area contributed by atoms with E-state index in [-0.39, 0.29) is 12.4 Å². The van der Waals surface area contributed by atoms with Crippen LogP contribution in [0.25, 0.3) is 0 Å². The first kappa shape index (κ1) is 21.2. The Hall–Kier alpha value is -2.53. The molecule has 3 rings (SSSR count). The second-order valence-corrected chi connectivity index (χ2v) is 7.44. The number of rotatable bonds is 10. The first-order valence-corrected chi connectivity index (χ1v) is 9.90. The number of halogens is 1. The third-order valence-electron chi connectivity index (χ3n) is 4.74. The average Bonchev–Trinajstić information content (AvgIpc) is 2.72. The van der Waals surface area contributed by atoms with E-state index in [4.69, 9.17) is 4.74 Å². The predicted molar refractivity (Wildman–Crippen MR) is 114 cm³/mol. The topological polar surface area (TPSA) is 32.7 Å². The Kier molecular flexibility index (Phi) is 7.94. The molecule has 3 nitrogen and oxygen atoms in total. The number of hydrogen-bond acceptors (Lipinski definition) is 3. The summed E-state index contributed by atoms with van der Waals surface area (Å²) in [5, 5.41) is 10.5. The molecule has 0 amide bonds. The van der Waals surface area contributed by atoms with E-state index in [1.165, 1.54) is 23.3 Å². The van der Waals surface area contributed by atoms with Crippen molar-refractivity contribution in [3.8, 4) is 0 Å². The molecule has 0 spiro atoms. The number of aliphatic hydroxyl groups is 1. The Morgan fingerprint density at radius 1 is 0.828 bits per heavy atom. The molecule has 4 heteroatoms. The van der Waals surface area contributed by atoms with Gasteiger partial charge in [-0.2, -0.15) is 0 Å². The van der Waals surface area contributed by atoms with E-state index in [0.29, 0.717) is 26.2 Å². The van der Waals surface area contributed by atoms with Crippen LogP contribution in [0.15, 0.2) is 78.9 Å². The zero-order chi connectivity index (χ0) is 20.5. The minimum absolute atomic E-state index is 0.242. The van der Waals surface area contributed by atoms with Gasteiger partial charge in [-0.1, -0.05) is 72.3 Å². The van der Waals surface area contributed by atoms with Crippen LogP contribution in [-0.4, -0.2) is 29.3 Å². The second-order valence-electron chi connectivity index (χ2n) is 7.44. The molecule has 1 atom stereocenters. The van der Waals surface area contributed by atoms with Gasteiger partial charge < -0.3 is 9.84 Å². The molecule has 1 N–H and O–H groups in total. The summed E-state index contributed by atoms with van der Waals surface area (Å²) in [6.45, 7) is 4.61. The van der Waals surface area contributed by atoms with Crippen LogP contribution in [0.1, 0.15) is 22.3 Å². The molecule has 0 heterocycles. The van der Waals surface area contributed by atoms with E-state index in [1.54, 1.807) is 12.1 Å². The number of benzene rings is 3. The lowest BCUT2D eigenvalue weighted by Crippen LogP contribution is -2.34. The van der Waals surface area contributed by atoms with Crippen molar-refractivity contribution in [2.75, 3.05) is 13.2 Å². The number of ether oxygens (including phenoxy) is 1. The lowest BCUT2D eigenvalue weighted by molar-refractivity contribution is 0.00712. The molecule has 0 aliphatic heterocycles. The lowest BCUT2D eigenvalue weighted by atomic mass is 10.1. The Bertz CT molecular complexity index is 803. The number of hydrogen-bond donors (Lipinski definition) is 1. The fourth-order valence-electron chi connectivity index (χ4n) is 3.22. The summed E-state index contributed by atoms with van der Waals surface area (Å²) in [5.74, 6) is -0.242. The molecule has 0 radical (unpaired) electrons. The smallest absolute Gasteiger partial charge is 0.123 e. The largest absolute Gasteiger partial charge is 0.389 e. The predicted octanol–water partition coefficient (Wildman–Crippen LogP) is 4.71. The molecular weight excluding hydrogens is 365 g/mol. The minimum atomic E-state index is -0.607. The van der Waals surface area contributed by atoms with Crippen molar-refractivity contribution in [1.29, 1.82) is 0 Å². The summed E-state index contributed by atoms with van der Waals surface area (Å²) in [4.78, 5) is 2.16. The molecule has 0 saturated carbocycles. The van der Waals surface area contributed by atoms with Crippen LogP contribution >= 0.6 is 0 Å². The molecule has 3 aromatic carbocycles. The monoisotopic (exact) mass is 393 g/mol. The van der Waals surface area contributed by atoms with Crippen LogP contribution in [0.3, 0.4) is 0 Å². The standard InChI is InChI=1S/C25H28FNO2/c1-20-7-9-21(10-8-20)15-27(16-22-11-13-24(26)14-12-22)17-25(28)19-29-18-23-5-3-2-4-6-23/h2-14,25,28H,15-19H2,1H3/t25-/m1/s1. The van der Waals surface area contributed by atoms with Gasteiger partial charge in [-0.25, -0.2) is 4.39 Å². The highest BCUT2D eigenvalue weighted by molar-refractivity contribution is 5.22. The molecule has 0 aliphatic carbocycles. The molecule has 0 aromatic heterocycles. The van der Waals surface area contributed by atoms with E-state index in [0.717, 1.165) is 11.1 Å². The fourth-order valence-corrected chi connectivity index (χ4v) is 3.22. The molecule has 152 valence electrons. The maximum absolute atomic E-state index is 13.2. The van der Waals surface area contributed by atoms with E-state index < -0.39 is 6.10 Å². The molecule has 0 fully saturated rings. The van der Waals surface area contributed by atoms with Crippen LogP contribution in [0.4, 0.5) is 4.39 Å². The summed E-state index contributed by atoms with van der Waals surface area (Å²) in [6, 6.07) is 24.8. The zero-order valence-corrected chi connectivity index (χ0v) is 16.8. The normalized spacial score (nSPS) is 12.3. The van der Waals surface area contributed by atoms with Gasteiger partial charge in [-0.3, -0.25) is 4.90 Å². The van der Waals surface area contributed by atoms with Crippen molar-refractivity contribution in [3.63, 3.8) is 0 Å². The summed E-state index contributed by atoms with van der Waals surface area (Å²) in [5.41, 5.74) is 4.49. The molecular formula is C25H28FNO2. The maximum Gasteiger partial charge on any atom is 0.123 e. The summed E-state index contributed by atoms with van der Waals surface area (Å²) < 4.78 is 18.9. The van der Waals surface area contributed by atoms with Crippen molar-refractivity contribution in [1.82, 2.24) is 4.90 Å². The Morgan fingerprint density at radius 3 is 2.03 bits per heavy atom. The van der Waals surface area contributed by atoms with Crippen molar-refractivity contribution in [2.45, 2.75) is 32.7 Å². The summed E-state index contributed by atoms with van der Waals surface area (Å²) in [7, 11) is 0. The molecule has 0 aliphatic rings. The molecule has 3 aromatic rings. The lowest BCUT2D eigenvalue weighted by Gasteiger charge is -2.25. The summed E-state index contributed by atoms with van der Waals surface area (Å²) in [6.07, 6.45) is -0.607. The van der Waals surface area contributed by atoms with E-state index >= 15 is 0 Å². The van der Waals surface area contributed by atoms with Gasteiger partial charge in [0.15, 0.2) is 0 Å². The molecule has 0 saturated heterocycles. The minimum Gasteiger partial charge on any atom is -0.389 e. The number of aryl methyl sites for hydroxylation is 1. The van der Waals surface area contributed by atoms with Crippen molar-refractivity contribution >= 4 is 0 Å². The van der Waals surface area contributed by atoms with Crippen LogP contribution < -0.4 is 0 Å². The first-order valence-electron chi connectivity index (χ1n) is 9.90. The van der Waals surface area contributed by atoms with Crippen LogP contribution in [0.5, 0.6) is 0 Å². The van der Waals surface area contributed by atoms with E-state index in [1.807, 2.05) is 30.3 Å². The number of nitrogens with zero attached hydrogens (tertiary/aromatic N) is 1. The quantitative estimate of drug-likeness (QED) is 0.541. The highest BCUT2D eigenvalue weighted by atomic mass is 19.1. The van der Waals surface area contributed by atoms with Gasteiger partial charge >= 0.3 is 0 Å². The number of aliphatic hydroxyl groups excluding tert-OH is 1. The van der Waals surface area contributed by atoms with Crippen molar-refractivity contribution < 1.29 is 14.2 Å². The van der Waals surface area contributed by atoms with Gasteiger partial charge in [-0.15, -0.1) is 0 Å². The fraction of sp³-hybridized carbons (Fsp3) is 0.280. The zero-order valence-electron chi connectivity index (χ0n) is 16.8. The highest BCUT2D eigenvalue weighted by Crippen LogP contribution is 2.13. The van der Waals surface area contributed by atoms with Crippen LogP contribution in [-0.2, 0) is 24.4 Å². The van der Waals surface area contributed by atoms with Gasteiger partial charge in [0, 0.05) is 19.6 Å². The Morgan fingerprint density at radius 2 is 1.41 bits per heavy atom. The van der Waals surface area contributed by atoms with Gasteiger partial charge in [0.05, 0.1) is 19.3 Å². The molecule has 0 unspecified atom stereocenters. The van der Waals surface area contributed by atoms with Gasteiger partial charge in [-0.05, 0) is 35.7 Å². The maximum atomic E-state index is 13.2.